The van der Waals surface area contributed by atoms with E-state index in [4.69, 9.17) is 10.4 Å². The van der Waals surface area contributed by atoms with E-state index >= 15 is 0 Å². The minimum atomic E-state index is -1.07. The standard InChI is InChI=1S/C10H6FN3O2/c11-6-1-2-9-7(3-6)8(4-12)13-14(9)5-10(15)16/h1-3H,5H2,(H,15,16). The van der Waals surface area contributed by atoms with E-state index in [1.807, 2.05) is 0 Å². The molecular weight excluding hydrogens is 213 g/mol. The highest BCUT2D eigenvalue weighted by Gasteiger charge is 2.12. The molecule has 0 amide bonds. The Morgan fingerprint density at radius 3 is 3.00 bits per heavy atom. The van der Waals surface area contributed by atoms with Crippen LogP contribution in [-0.2, 0) is 11.3 Å². The predicted octanol–water partition coefficient (Wildman–Crippen LogP) is 1.13. The predicted molar refractivity (Wildman–Crippen MR) is 52.0 cm³/mol. The monoisotopic (exact) mass is 219 g/mol. The number of carbonyl (C=O) groups is 1. The molecule has 1 aromatic heterocycles. The van der Waals surface area contributed by atoms with Crippen molar-refractivity contribution < 1.29 is 14.3 Å². The fraction of sp³-hybridized carbons (Fsp3) is 0.100. The van der Waals surface area contributed by atoms with Gasteiger partial charge in [0.15, 0.2) is 5.69 Å². The second-order valence-electron chi connectivity index (χ2n) is 3.17. The van der Waals surface area contributed by atoms with Gasteiger partial charge in [0, 0.05) is 5.39 Å². The summed E-state index contributed by atoms with van der Waals surface area (Å²) >= 11 is 0. The topological polar surface area (TPSA) is 78.9 Å². The molecule has 0 saturated heterocycles. The van der Waals surface area contributed by atoms with Gasteiger partial charge in [-0.1, -0.05) is 0 Å². The van der Waals surface area contributed by atoms with E-state index in [-0.39, 0.29) is 12.2 Å². The van der Waals surface area contributed by atoms with Crippen molar-refractivity contribution in [3.05, 3.63) is 29.7 Å². The average Bonchev–Trinajstić information content (AvgIpc) is 2.55. The highest BCUT2D eigenvalue weighted by atomic mass is 19.1. The Hall–Kier alpha value is -2.42. The van der Waals surface area contributed by atoms with Crippen molar-refractivity contribution in [3.63, 3.8) is 0 Å². The molecule has 0 saturated carbocycles. The first kappa shape index (κ1) is 10.1. The Kier molecular flexibility index (Phi) is 2.29. The third kappa shape index (κ3) is 1.59. The second kappa shape index (κ2) is 3.62. The van der Waals surface area contributed by atoms with Crippen LogP contribution in [0.5, 0.6) is 0 Å². The van der Waals surface area contributed by atoms with Crippen molar-refractivity contribution >= 4 is 16.9 Å². The summed E-state index contributed by atoms with van der Waals surface area (Å²) in [5.74, 6) is -1.56. The smallest absolute Gasteiger partial charge is 0.325 e. The van der Waals surface area contributed by atoms with Gasteiger partial charge >= 0.3 is 5.97 Å². The van der Waals surface area contributed by atoms with Gasteiger partial charge in [0.05, 0.1) is 5.52 Å². The van der Waals surface area contributed by atoms with Crippen molar-refractivity contribution in [1.82, 2.24) is 9.78 Å². The number of carboxylic acid groups (broad SMARTS) is 1. The molecule has 1 aromatic carbocycles. The van der Waals surface area contributed by atoms with Crippen LogP contribution in [0.3, 0.4) is 0 Å². The van der Waals surface area contributed by atoms with Gasteiger partial charge in [0.25, 0.3) is 0 Å². The third-order valence-electron chi connectivity index (χ3n) is 2.10. The van der Waals surface area contributed by atoms with Crippen LogP contribution in [-0.4, -0.2) is 20.9 Å². The van der Waals surface area contributed by atoms with Crippen LogP contribution >= 0.6 is 0 Å². The number of hydrogen-bond acceptors (Lipinski definition) is 3. The number of rotatable bonds is 2. The number of benzene rings is 1. The molecule has 0 unspecified atom stereocenters. The van der Waals surface area contributed by atoms with Crippen molar-refractivity contribution in [2.24, 2.45) is 0 Å². The maximum Gasteiger partial charge on any atom is 0.325 e. The zero-order chi connectivity index (χ0) is 11.7. The number of halogens is 1. The zero-order valence-corrected chi connectivity index (χ0v) is 8.01. The Bertz CT molecular complexity index is 612. The normalized spacial score (nSPS) is 10.2. The van der Waals surface area contributed by atoms with Crippen molar-refractivity contribution in [2.75, 3.05) is 0 Å². The van der Waals surface area contributed by atoms with Gasteiger partial charge in [0.1, 0.15) is 18.4 Å². The van der Waals surface area contributed by atoms with Gasteiger partial charge in [-0.25, -0.2) is 4.39 Å². The van der Waals surface area contributed by atoms with Crippen LogP contribution in [0.4, 0.5) is 4.39 Å². The van der Waals surface area contributed by atoms with E-state index in [1.165, 1.54) is 18.2 Å². The lowest BCUT2D eigenvalue weighted by Crippen LogP contribution is -2.09. The summed E-state index contributed by atoms with van der Waals surface area (Å²) in [7, 11) is 0. The molecule has 80 valence electrons. The molecule has 0 spiro atoms. The molecule has 16 heavy (non-hydrogen) atoms. The molecule has 1 heterocycles. The van der Waals surface area contributed by atoms with Gasteiger partial charge in [-0.2, -0.15) is 10.4 Å². The Labute approximate surface area is 89.3 Å². The first-order chi connectivity index (χ1) is 7.61. The minimum Gasteiger partial charge on any atom is -0.480 e. The van der Waals surface area contributed by atoms with Crippen LogP contribution in [0.1, 0.15) is 5.69 Å². The van der Waals surface area contributed by atoms with Crippen LogP contribution in [0.25, 0.3) is 10.9 Å². The molecule has 5 nitrogen and oxygen atoms in total. The van der Waals surface area contributed by atoms with E-state index < -0.39 is 11.8 Å². The number of nitrogens with zero attached hydrogens (tertiary/aromatic N) is 3. The minimum absolute atomic E-state index is 0.0238. The highest BCUT2D eigenvalue weighted by Crippen LogP contribution is 2.19. The molecule has 0 fully saturated rings. The highest BCUT2D eigenvalue weighted by molar-refractivity contribution is 5.85. The van der Waals surface area contributed by atoms with Gasteiger partial charge in [-0.3, -0.25) is 9.48 Å². The number of hydrogen-bond donors (Lipinski definition) is 1. The molecule has 0 atom stereocenters. The Morgan fingerprint density at radius 2 is 2.38 bits per heavy atom. The van der Waals surface area contributed by atoms with Crippen molar-refractivity contribution in [3.8, 4) is 6.07 Å². The number of nitriles is 1. The molecule has 6 heteroatoms. The molecular formula is C10H6FN3O2. The molecule has 0 radical (unpaired) electrons. The number of aromatic nitrogens is 2. The first-order valence-corrected chi connectivity index (χ1v) is 4.40. The Balaban J connectivity index is 2.69. The Morgan fingerprint density at radius 1 is 1.62 bits per heavy atom. The van der Waals surface area contributed by atoms with E-state index in [1.54, 1.807) is 6.07 Å². The largest absolute Gasteiger partial charge is 0.480 e. The SMILES string of the molecule is N#Cc1nn(CC(=O)O)c2ccc(F)cc12. The lowest BCUT2D eigenvalue weighted by Gasteiger charge is -1.97. The van der Waals surface area contributed by atoms with Crippen LogP contribution in [0.15, 0.2) is 18.2 Å². The van der Waals surface area contributed by atoms with Crippen molar-refractivity contribution in [2.45, 2.75) is 6.54 Å². The number of fused-ring (bicyclic) bond motifs is 1. The second-order valence-corrected chi connectivity index (χ2v) is 3.17. The van der Waals surface area contributed by atoms with Gasteiger partial charge < -0.3 is 5.11 Å². The number of carboxylic acids is 1. The summed E-state index contributed by atoms with van der Waals surface area (Å²) < 4.78 is 14.1. The van der Waals surface area contributed by atoms with E-state index in [9.17, 15) is 9.18 Å². The fourth-order valence-corrected chi connectivity index (χ4v) is 1.48. The molecule has 1 N–H and O–H groups in total. The summed E-state index contributed by atoms with van der Waals surface area (Å²) in [6.07, 6.45) is 0. The van der Waals surface area contributed by atoms with E-state index in [2.05, 4.69) is 5.10 Å². The summed E-state index contributed by atoms with van der Waals surface area (Å²) in [6.45, 7) is -0.357. The average molecular weight is 219 g/mol. The first-order valence-electron chi connectivity index (χ1n) is 4.40. The third-order valence-corrected chi connectivity index (χ3v) is 2.10. The molecule has 0 aliphatic rings. The van der Waals surface area contributed by atoms with Gasteiger partial charge in [-0.15, -0.1) is 0 Å². The summed E-state index contributed by atoms with van der Waals surface area (Å²) in [5.41, 5.74) is 0.455. The van der Waals surface area contributed by atoms with Gasteiger partial charge in [0.2, 0.25) is 0 Å². The lowest BCUT2D eigenvalue weighted by molar-refractivity contribution is -0.137. The van der Waals surface area contributed by atoms with Gasteiger partial charge in [-0.05, 0) is 18.2 Å². The van der Waals surface area contributed by atoms with Crippen LogP contribution in [0.2, 0.25) is 0 Å². The molecule has 0 bridgehead atoms. The van der Waals surface area contributed by atoms with E-state index in [0.29, 0.717) is 10.9 Å². The maximum absolute atomic E-state index is 13.0. The van der Waals surface area contributed by atoms with E-state index in [0.717, 1.165) is 4.68 Å². The van der Waals surface area contributed by atoms with Crippen LogP contribution < -0.4 is 0 Å². The summed E-state index contributed by atoms with van der Waals surface area (Å²) in [6, 6.07) is 5.57. The van der Waals surface area contributed by atoms with Crippen molar-refractivity contribution in [1.29, 1.82) is 5.26 Å². The zero-order valence-electron chi connectivity index (χ0n) is 8.01. The number of aliphatic carboxylic acids is 1. The molecule has 2 aromatic rings. The quantitative estimate of drug-likeness (QED) is 0.821. The van der Waals surface area contributed by atoms with Crippen LogP contribution in [0, 0.1) is 17.1 Å². The molecule has 0 aliphatic heterocycles. The lowest BCUT2D eigenvalue weighted by atomic mass is 10.2. The maximum atomic E-state index is 13.0. The summed E-state index contributed by atoms with van der Waals surface area (Å²) in [4.78, 5) is 10.6. The fourth-order valence-electron chi connectivity index (χ4n) is 1.48. The molecule has 0 aliphatic carbocycles. The molecule has 2 rings (SSSR count). The summed E-state index contributed by atoms with van der Waals surface area (Å²) in [5, 5.41) is 21.5.